The largest absolute Gasteiger partial charge is 0.488 e. The van der Waals surface area contributed by atoms with Crippen molar-refractivity contribution in [3.05, 3.63) is 23.0 Å². The normalized spacial score (nSPS) is 31.7. The molecule has 0 radical (unpaired) electrons. The van der Waals surface area contributed by atoms with Gasteiger partial charge >= 0.3 is 6.18 Å². The molecule has 0 amide bonds. The molecule has 3 rings (SSSR count). The van der Waals surface area contributed by atoms with Gasteiger partial charge in [0, 0.05) is 30.4 Å². The molecule has 0 bridgehead atoms. The highest BCUT2D eigenvalue weighted by molar-refractivity contribution is 5.47. The van der Waals surface area contributed by atoms with Crippen LogP contribution in [0.5, 0.6) is 5.75 Å². The van der Waals surface area contributed by atoms with Gasteiger partial charge in [-0.3, -0.25) is 0 Å². The van der Waals surface area contributed by atoms with Crippen LogP contribution in [-0.4, -0.2) is 28.5 Å². The first-order valence-corrected chi connectivity index (χ1v) is 6.49. The molecule has 2 aliphatic carbocycles. The van der Waals surface area contributed by atoms with E-state index in [1.165, 1.54) is 0 Å². The van der Waals surface area contributed by atoms with Crippen molar-refractivity contribution in [1.29, 1.82) is 0 Å². The van der Waals surface area contributed by atoms with Gasteiger partial charge in [0.05, 0.1) is 6.20 Å². The molecule has 0 unspecified atom stereocenters. The number of aliphatic hydroxyl groups is 1. The molecule has 2 atom stereocenters. The molecule has 1 fully saturated rings. The maximum absolute atomic E-state index is 13.6. The highest BCUT2D eigenvalue weighted by Crippen LogP contribution is 2.45. The van der Waals surface area contributed by atoms with Gasteiger partial charge in [-0.25, -0.2) is 13.8 Å². The van der Waals surface area contributed by atoms with E-state index in [4.69, 9.17) is 4.74 Å². The first-order valence-electron chi connectivity index (χ1n) is 6.49. The monoisotopic (exact) mass is 309 g/mol. The lowest BCUT2D eigenvalue weighted by atomic mass is 9.93. The van der Waals surface area contributed by atoms with Crippen molar-refractivity contribution in [3.8, 4) is 5.75 Å². The van der Waals surface area contributed by atoms with Crippen LogP contribution >= 0.6 is 0 Å². The van der Waals surface area contributed by atoms with Gasteiger partial charge in [-0.15, -0.1) is 0 Å². The molecule has 116 valence electrons. The number of aromatic nitrogens is 1. The Morgan fingerprint density at radius 1 is 1.24 bits per heavy atom. The van der Waals surface area contributed by atoms with Crippen molar-refractivity contribution in [3.63, 3.8) is 0 Å². The minimum Gasteiger partial charge on any atom is -0.488 e. The van der Waals surface area contributed by atoms with E-state index in [2.05, 4.69) is 4.98 Å². The molecule has 1 saturated carbocycles. The van der Waals surface area contributed by atoms with Gasteiger partial charge in [0.15, 0.2) is 5.69 Å². The van der Waals surface area contributed by atoms with Crippen LogP contribution in [0, 0.1) is 0 Å². The Labute approximate surface area is 116 Å². The third kappa shape index (κ3) is 2.45. The lowest BCUT2D eigenvalue weighted by Gasteiger charge is -2.30. The molecular weight excluding hydrogens is 297 g/mol. The highest BCUT2D eigenvalue weighted by Gasteiger charge is 2.45. The zero-order chi connectivity index (χ0) is 15.4. The van der Waals surface area contributed by atoms with Crippen LogP contribution in [0.3, 0.4) is 0 Å². The van der Waals surface area contributed by atoms with E-state index < -0.39 is 42.0 Å². The smallest absolute Gasteiger partial charge is 0.433 e. The number of halogens is 5. The third-order valence-electron chi connectivity index (χ3n) is 3.83. The van der Waals surface area contributed by atoms with E-state index in [0.717, 1.165) is 6.20 Å². The second kappa shape index (κ2) is 4.79. The average molecular weight is 309 g/mol. The molecule has 0 spiro atoms. The molecule has 8 heteroatoms. The summed E-state index contributed by atoms with van der Waals surface area (Å²) in [7, 11) is 0. The van der Waals surface area contributed by atoms with Gasteiger partial charge in [0.2, 0.25) is 0 Å². The SMILES string of the molecule is O[C@H]1c2c(C(F)(F)F)ncc(OC3CC(F)C3)c2C[C@H]1F. The number of ether oxygens (including phenoxy) is 1. The molecule has 1 N–H and O–H groups in total. The topological polar surface area (TPSA) is 42.4 Å². The van der Waals surface area contributed by atoms with E-state index in [-0.39, 0.29) is 30.6 Å². The number of hydrogen-bond acceptors (Lipinski definition) is 3. The summed E-state index contributed by atoms with van der Waals surface area (Å²) < 4.78 is 70.4. The summed E-state index contributed by atoms with van der Waals surface area (Å²) in [4.78, 5) is 3.27. The molecule has 1 heterocycles. The lowest BCUT2D eigenvalue weighted by Crippen LogP contribution is -2.35. The van der Waals surface area contributed by atoms with Crippen LogP contribution in [0.2, 0.25) is 0 Å². The minimum absolute atomic E-state index is 0.00546. The molecule has 0 aromatic carbocycles. The zero-order valence-electron chi connectivity index (χ0n) is 10.7. The second-order valence-electron chi connectivity index (χ2n) is 5.33. The fraction of sp³-hybridized carbons (Fsp3) is 0.615. The van der Waals surface area contributed by atoms with Gasteiger partial charge in [-0.1, -0.05) is 0 Å². The Morgan fingerprint density at radius 2 is 1.90 bits per heavy atom. The zero-order valence-corrected chi connectivity index (χ0v) is 10.7. The van der Waals surface area contributed by atoms with Gasteiger partial charge < -0.3 is 9.84 Å². The van der Waals surface area contributed by atoms with Crippen LogP contribution in [0.25, 0.3) is 0 Å². The quantitative estimate of drug-likeness (QED) is 0.854. The molecule has 0 saturated heterocycles. The first kappa shape index (κ1) is 14.5. The van der Waals surface area contributed by atoms with Crippen molar-refractivity contribution in [1.82, 2.24) is 4.98 Å². The maximum Gasteiger partial charge on any atom is 0.433 e. The predicted octanol–water partition coefficient (Wildman–Crippen LogP) is 2.91. The summed E-state index contributed by atoms with van der Waals surface area (Å²) in [5, 5.41) is 9.64. The van der Waals surface area contributed by atoms with Crippen LogP contribution in [0.4, 0.5) is 22.0 Å². The van der Waals surface area contributed by atoms with Crippen LogP contribution < -0.4 is 4.74 Å². The van der Waals surface area contributed by atoms with Gasteiger partial charge in [0.1, 0.15) is 30.3 Å². The van der Waals surface area contributed by atoms with E-state index in [1.54, 1.807) is 0 Å². The van der Waals surface area contributed by atoms with Crippen LogP contribution in [0.1, 0.15) is 35.8 Å². The standard InChI is InChI=1S/C13H12F5NO2/c14-5-1-6(2-5)21-9-4-19-12(13(16,17)18)10-7(9)3-8(15)11(10)20/h4-6,8,11,20H,1-3H2/t5?,6?,8-,11-/m1/s1. The summed E-state index contributed by atoms with van der Waals surface area (Å²) in [6.45, 7) is 0. The van der Waals surface area contributed by atoms with Gasteiger partial charge in [0.25, 0.3) is 0 Å². The van der Waals surface area contributed by atoms with Crippen molar-refractivity contribution in [2.75, 3.05) is 0 Å². The number of rotatable bonds is 2. The summed E-state index contributed by atoms with van der Waals surface area (Å²) in [6.07, 6.45) is -9.11. The van der Waals surface area contributed by atoms with Crippen molar-refractivity contribution in [2.24, 2.45) is 0 Å². The fourth-order valence-corrected chi connectivity index (χ4v) is 2.67. The van der Waals surface area contributed by atoms with E-state index in [1.807, 2.05) is 0 Å². The molecule has 2 aliphatic rings. The molecule has 1 aromatic heterocycles. The predicted molar refractivity (Wildman–Crippen MR) is 61.3 cm³/mol. The number of nitrogens with zero attached hydrogens (tertiary/aromatic N) is 1. The van der Waals surface area contributed by atoms with Crippen molar-refractivity contribution >= 4 is 0 Å². The van der Waals surface area contributed by atoms with Gasteiger partial charge in [-0.05, 0) is 0 Å². The van der Waals surface area contributed by atoms with E-state index >= 15 is 0 Å². The number of hydrogen-bond donors (Lipinski definition) is 1. The van der Waals surface area contributed by atoms with Crippen LogP contribution in [0.15, 0.2) is 6.20 Å². The summed E-state index contributed by atoms with van der Waals surface area (Å²) in [5.74, 6) is -0.00546. The molecule has 21 heavy (non-hydrogen) atoms. The summed E-state index contributed by atoms with van der Waals surface area (Å²) in [5.41, 5.74) is -1.89. The van der Waals surface area contributed by atoms with Crippen molar-refractivity contribution < 1.29 is 31.8 Å². The number of alkyl halides is 5. The number of fused-ring (bicyclic) bond motifs is 1. The number of pyridine rings is 1. The van der Waals surface area contributed by atoms with E-state index in [9.17, 15) is 27.1 Å². The Kier molecular flexibility index (Phi) is 3.31. The molecule has 0 aliphatic heterocycles. The average Bonchev–Trinajstić information content (AvgIpc) is 2.64. The fourth-order valence-electron chi connectivity index (χ4n) is 2.67. The van der Waals surface area contributed by atoms with Crippen LogP contribution in [-0.2, 0) is 12.6 Å². The Morgan fingerprint density at radius 3 is 2.48 bits per heavy atom. The highest BCUT2D eigenvalue weighted by atomic mass is 19.4. The minimum atomic E-state index is -4.78. The Hall–Kier alpha value is -1.44. The van der Waals surface area contributed by atoms with Crippen molar-refractivity contribution in [2.45, 2.75) is 50.0 Å². The Balaban J connectivity index is 1.97. The number of aliphatic hydroxyl groups excluding tert-OH is 1. The lowest BCUT2D eigenvalue weighted by molar-refractivity contribution is -0.143. The summed E-state index contributed by atoms with van der Waals surface area (Å²) >= 11 is 0. The molecule has 1 aromatic rings. The summed E-state index contributed by atoms with van der Waals surface area (Å²) in [6, 6.07) is 0. The van der Waals surface area contributed by atoms with E-state index in [0.29, 0.717) is 0 Å². The Bertz CT molecular complexity index is 556. The second-order valence-corrected chi connectivity index (χ2v) is 5.33. The molecule has 3 nitrogen and oxygen atoms in total. The third-order valence-corrected chi connectivity index (χ3v) is 3.83. The molecular formula is C13H12F5NO2. The first-order chi connectivity index (χ1) is 9.77. The maximum atomic E-state index is 13.6. The van der Waals surface area contributed by atoms with Gasteiger partial charge in [-0.2, -0.15) is 13.2 Å².